The summed E-state index contributed by atoms with van der Waals surface area (Å²) in [6.07, 6.45) is 0. The Morgan fingerprint density at radius 1 is 1.37 bits per heavy atom. The predicted molar refractivity (Wildman–Crippen MR) is 70.1 cm³/mol. The SMILES string of the molecule is CC(C)CN(CC(=O)O)C(=O)c1cccc(=O)n1C. The third-order valence-corrected chi connectivity index (χ3v) is 2.60. The molecule has 6 nitrogen and oxygen atoms in total. The second-order valence-corrected chi connectivity index (χ2v) is 4.78. The largest absolute Gasteiger partial charge is 0.480 e. The highest BCUT2D eigenvalue weighted by Gasteiger charge is 2.21. The van der Waals surface area contributed by atoms with Crippen LogP contribution in [0.25, 0.3) is 0 Å². The van der Waals surface area contributed by atoms with Crippen LogP contribution in [0.1, 0.15) is 24.3 Å². The average Bonchev–Trinajstić information content (AvgIpc) is 2.30. The van der Waals surface area contributed by atoms with E-state index in [9.17, 15) is 14.4 Å². The van der Waals surface area contributed by atoms with Gasteiger partial charge in [-0.15, -0.1) is 0 Å². The molecule has 1 amide bonds. The van der Waals surface area contributed by atoms with E-state index in [0.29, 0.717) is 6.54 Å². The highest BCUT2D eigenvalue weighted by molar-refractivity contribution is 5.94. The summed E-state index contributed by atoms with van der Waals surface area (Å²) in [7, 11) is 1.49. The van der Waals surface area contributed by atoms with E-state index < -0.39 is 11.9 Å². The molecular formula is C13H18N2O4. The number of hydrogen-bond donors (Lipinski definition) is 1. The van der Waals surface area contributed by atoms with E-state index in [1.54, 1.807) is 0 Å². The maximum Gasteiger partial charge on any atom is 0.323 e. The molecule has 1 rings (SSSR count). The van der Waals surface area contributed by atoms with Gasteiger partial charge < -0.3 is 14.6 Å². The summed E-state index contributed by atoms with van der Waals surface area (Å²) in [5.74, 6) is -1.38. The number of aromatic nitrogens is 1. The Balaban J connectivity index is 3.08. The van der Waals surface area contributed by atoms with E-state index in [4.69, 9.17) is 5.11 Å². The molecule has 1 aromatic rings. The molecule has 0 atom stereocenters. The lowest BCUT2D eigenvalue weighted by Gasteiger charge is -2.23. The molecule has 1 heterocycles. The zero-order chi connectivity index (χ0) is 14.6. The van der Waals surface area contributed by atoms with Gasteiger partial charge in [0, 0.05) is 19.7 Å². The van der Waals surface area contributed by atoms with Gasteiger partial charge in [0.05, 0.1) is 0 Å². The van der Waals surface area contributed by atoms with Crippen molar-refractivity contribution in [1.82, 2.24) is 9.47 Å². The standard InChI is InChI=1S/C13H18N2O4/c1-9(2)7-15(8-12(17)18)13(19)10-5-4-6-11(16)14(10)3/h4-6,9H,7-8H2,1-3H3,(H,17,18). The van der Waals surface area contributed by atoms with Crippen molar-refractivity contribution in [2.24, 2.45) is 13.0 Å². The number of carboxylic acid groups (broad SMARTS) is 1. The number of aliphatic carboxylic acids is 1. The summed E-state index contributed by atoms with van der Waals surface area (Å²) in [5.41, 5.74) is -0.111. The van der Waals surface area contributed by atoms with E-state index in [2.05, 4.69) is 0 Å². The van der Waals surface area contributed by atoms with Crippen LogP contribution in [-0.4, -0.2) is 39.5 Å². The van der Waals surface area contributed by atoms with Crippen LogP contribution in [-0.2, 0) is 11.8 Å². The number of hydrogen-bond acceptors (Lipinski definition) is 3. The summed E-state index contributed by atoms with van der Waals surface area (Å²) in [6.45, 7) is 3.74. The zero-order valence-electron chi connectivity index (χ0n) is 11.3. The molecule has 0 saturated carbocycles. The Morgan fingerprint density at radius 3 is 2.53 bits per heavy atom. The minimum Gasteiger partial charge on any atom is -0.480 e. The number of carbonyl (C=O) groups excluding carboxylic acids is 1. The van der Waals surface area contributed by atoms with Crippen LogP contribution in [0.5, 0.6) is 0 Å². The molecule has 0 unspecified atom stereocenters. The number of amides is 1. The van der Waals surface area contributed by atoms with Crippen LogP contribution in [0.3, 0.4) is 0 Å². The highest BCUT2D eigenvalue weighted by atomic mass is 16.4. The Labute approximate surface area is 111 Å². The molecular weight excluding hydrogens is 248 g/mol. The van der Waals surface area contributed by atoms with Gasteiger partial charge in [-0.3, -0.25) is 14.4 Å². The molecule has 0 radical (unpaired) electrons. The van der Waals surface area contributed by atoms with Crippen molar-refractivity contribution < 1.29 is 14.7 Å². The Morgan fingerprint density at radius 2 is 2.00 bits per heavy atom. The minimum atomic E-state index is -1.07. The van der Waals surface area contributed by atoms with Gasteiger partial charge in [-0.1, -0.05) is 19.9 Å². The van der Waals surface area contributed by atoms with Crippen molar-refractivity contribution in [1.29, 1.82) is 0 Å². The first kappa shape index (κ1) is 14.9. The lowest BCUT2D eigenvalue weighted by atomic mass is 10.2. The molecule has 1 aromatic heterocycles. The maximum atomic E-state index is 12.3. The van der Waals surface area contributed by atoms with Gasteiger partial charge in [-0.05, 0) is 12.0 Å². The molecule has 0 bridgehead atoms. The number of rotatable bonds is 5. The van der Waals surface area contributed by atoms with Crippen LogP contribution in [0.4, 0.5) is 0 Å². The van der Waals surface area contributed by atoms with Crippen LogP contribution < -0.4 is 5.56 Å². The lowest BCUT2D eigenvalue weighted by molar-refractivity contribution is -0.137. The van der Waals surface area contributed by atoms with E-state index >= 15 is 0 Å². The fourth-order valence-electron chi connectivity index (χ4n) is 1.76. The summed E-state index contributed by atoms with van der Waals surface area (Å²) in [4.78, 5) is 35.8. The molecule has 19 heavy (non-hydrogen) atoms. The first-order valence-corrected chi connectivity index (χ1v) is 6.00. The molecule has 1 N–H and O–H groups in total. The lowest BCUT2D eigenvalue weighted by Crippen LogP contribution is -2.40. The van der Waals surface area contributed by atoms with Crippen molar-refractivity contribution in [3.63, 3.8) is 0 Å². The van der Waals surface area contributed by atoms with Crippen molar-refractivity contribution in [2.45, 2.75) is 13.8 Å². The molecule has 6 heteroatoms. The maximum absolute atomic E-state index is 12.3. The summed E-state index contributed by atoms with van der Waals surface area (Å²) in [5, 5.41) is 8.85. The van der Waals surface area contributed by atoms with Crippen LogP contribution in [0.2, 0.25) is 0 Å². The monoisotopic (exact) mass is 266 g/mol. The molecule has 0 saturated heterocycles. The first-order chi connectivity index (χ1) is 8.82. The third-order valence-electron chi connectivity index (χ3n) is 2.60. The molecule has 0 aliphatic rings. The normalized spacial score (nSPS) is 10.5. The second-order valence-electron chi connectivity index (χ2n) is 4.78. The average molecular weight is 266 g/mol. The first-order valence-electron chi connectivity index (χ1n) is 6.00. The van der Waals surface area contributed by atoms with E-state index in [1.165, 1.54) is 34.7 Å². The number of nitrogens with zero attached hydrogens (tertiary/aromatic N) is 2. The molecule has 104 valence electrons. The van der Waals surface area contributed by atoms with E-state index in [0.717, 1.165) is 0 Å². The third kappa shape index (κ3) is 3.94. The quantitative estimate of drug-likeness (QED) is 0.845. The number of carbonyl (C=O) groups is 2. The van der Waals surface area contributed by atoms with Gasteiger partial charge in [0.25, 0.3) is 11.5 Å². The second kappa shape index (κ2) is 6.17. The van der Waals surface area contributed by atoms with Crippen LogP contribution in [0, 0.1) is 5.92 Å². The Bertz CT molecular complexity index is 534. The molecule has 0 aliphatic heterocycles. The van der Waals surface area contributed by atoms with Crippen molar-refractivity contribution >= 4 is 11.9 Å². The fourth-order valence-corrected chi connectivity index (χ4v) is 1.76. The number of carboxylic acids is 1. The van der Waals surface area contributed by atoms with Gasteiger partial charge in [0.1, 0.15) is 12.2 Å². The van der Waals surface area contributed by atoms with Crippen LogP contribution >= 0.6 is 0 Å². The number of pyridine rings is 1. The summed E-state index contributed by atoms with van der Waals surface area (Å²) in [6, 6.07) is 4.35. The van der Waals surface area contributed by atoms with Gasteiger partial charge in [-0.25, -0.2) is 0 Å². The van der Waals surface area contributed by atoms with Gasteiger partial charge in [-0.2, -0.15) is 0 Å². The summed E-state index contributed by atoms with van der Waals surface area (Å²) < 4.78 is 1.22. The zero-order valence-corrected chi connectivity index (χ0v) is 11.3. The Hall–Kier alpha value is -2.11. The molecule has 0 fully saturated rings. The predicted octanol–water partition coefficient (Wildman–Crippen LogP) is 0.568. The summed E-state index contributed by atoms with van der Waals surface area (Å²) >= 11 is 0. The van der Waals surface area contributed by atoms with Crippen molar-refractivity contribution in [3.05, 3.63) is 34.2 Å². The molecule has 0 aliphatic carbocycles. The van der Waals surface area contributed by atoms with Gasteiger partial charge in [0.15, 0.2) is 0 Å². The molecule has 0 spiro atoms. The van der Waals surface area contributed by atoms with Gasteiger partial charge in [0.2, 0.25) is 0 Å². The minimum absolute atomic E-state index is 0.143. The topological polar surface area (TPSA) is 79.6 Å². The molecule has 0 aromatic carbocycles. The van der Waals surface area contributed by atoms with E-state index in [1.807, 2.05) is 13.8 Å². The fraction of sp³-hybridized carbons (Fsp3) is 0.462. The van der Waals surface area contributed by atoms with Gasteiger partial charge >= 0.3 is 5.97 Å². The van der Waals surface area contributed by atoms with Crippen molar-refractivity contribution in [2.75, 3.05) is 13.1 Å². The van der Waals surface area contributed by atoms with Crippen LogP contribution in [0.15, 0.2) is 23.0 Å². The smallest absolute Gasteiger partial charge is 0.323 e. The van der Waals surface area contributed by atoms with Crippen molar-refractivity contribution in [3.8, 4) is 0 Å². The van der Waals surface area contributed by atoms with E-state index in [-0.39, 0.29) is 23.7 Å². The Kier molecular flexibility index (Phi) is 4.86. The highest BCUT2D eigenvalue weighted by Crippen LogP contribution is 2.06.